The number of piperidine rings is 2. The number of hydrogen-bond acceptors (Lipinski definition) is 5. The fraction of sp³-hybridized carbons (Fsp3) is 1.00. The summed E-state index contributed by atoms with van der Waals surface area (Å²) in [5.41, 5.74) is 0. The minimum absolute atomic E-state index is 0.0112. The first kappa shape index (κ1) is 19.1. The predicted molar refractivity (Wildman–Crippen MR) is 100.0 cm³/mol. The van der Waals surface area contributed by atoms with Crippen LogP contribution in [0.3, 0.4) is 0 Å². The van der Waals surface area contributed by atoms with Crippen molar-refractivity contribution >= 4 is 0 Å². The van der Waals surface area contributed by atoms with E-state index in [1.807, 2.05) is 14.2 Å². The van der Waals surface area contributed by atoms with E-state index in [-0.39, 0.29) is 24.4 Å². The highest BCUT2D eigenvalue weighted by atomic mass is 16.5. The molecule has 0 spiro atoms. The number of rotatable bonds is 3. The summed E-state index contributed by atoms with van der Waals surface area (Å²) in [6.07, 6.45) is 5.70. The Morgan fingerprint density at radius 3 is 2.31 bits per heavy atom. The van der Waals surface area contributed by atoms with Crippen molar-refractivity contribution in [2.75, 3.05) is 34.4 Å². The molecule has 4 aliphatic rings. The zero-order valence-electron chi connectivity index (χ0n) is 16.8. The third-order valence-corrected chi connectivity index (χ3v) is 8.39. The van der Waals surface area contributed by atoms with Crippen LogP contribution in [0.15, 0.2) is 0 Å². The molecule has 2 aliphatic carbocycles. The first-order valence-electron chi connectivity index (χ1n) is 10.6. The summed E-state index contributed by atoms with van der Waals surface area (Å²) in [6.45, 7) is 4.78. The fourth-order valence-corrected chi connectivity index (χ4v) is 7.19. The van der Waals surface area contributed by atoms with Gasteiger partial charge in [-0.15, -0.1) is 0 Å². The Bertz CT molecular complexity index is 489. The van der Waals surface area contributed by atoms with Crippen LogP contribution in [0.4, 0.5) is 0 Å². The van der Waals surface area contributed by atoms with E-state index in [0.717, 1.165) is 38.3 Å². The van der Waals surface area contributed by atoms with Gasteiger partial charge in [0.2, 0.25) is 0 Å². The highest BCUT2D eigenvalue weighted by Crippen LogP contribution is 2.51. The van der Waals surface area contributed by atoms with Gasteiger partial charge in [0.05, 0.1) is 24.4 Å². The number of methoxy groups -OCH3 is 3. The molecule has 0 amide bonds. The van der Waals surface area contributed by atoms with Crippen molar-refractivity contribution in [3.05, 3.63) is 0 Å². The van der Waals surface area contributed by atoms with E-state index >= 15 is 0 Å². The molecule has 5 heteroatoms. The Labute approximate surface area is 158 Å². The molecule has 4 fully saturated rings. The van der Waals surface area contributed by atoms with Gasteiger partial charge in [0, 0.05) is 39.8 Å². The van der Waals surface area contributed by atoms with Crippen molar-refractivity contribution in [3.8, 4) is 0 Å². The highest BCUT2D eigenvalue weighted by Gasteiger charge is 2.54. The van der Waals surface area contributed by atoms with E-state index in [9.17, 15) is 5.11 Å². The number of nitrogens with zero attached hydrogens (tertiary/aromatic N) is 1. The van der Waals surface area contributed by atoms with Gasteiger partial charge in [-0.3, -0.25) is 4.90 Å². The summed E-state index contributed by atoms with van der Waals surface area (Å²) in [5.74, 6) is 3.29. The molecule has 0 aromatic rings. The molecule has 10 unspecified atom stereocenters. The third kappa shape index (κ3) is 3.04. The summed E-state index contributed by atoms with van der Waals surface area (Å²) in [4.78, 5) is 2.75. The van der Waals surface area contributed by atoms with Gasteiger partial charge in [-0.25, -0.2) is 0 Å². The number of ether oxygens (including phenoxy) is 3. The Morgan fingerprint density at radius 2 is 1.62 bits per heavy atom. The summed E-state index contributed by atoms with van der Waals surface area (Å²) in [7, 11) is 5.44. The van der Waals surface area contributed by atoms with Crippen molar-refractivity contribution in [2.45, 2.75) is 69.5 Å². The molecule has 4 rings (SSSR count). The van der Waals surface area contributed by atoms with Crippen LogP contribution >= 0.6 is 0 Å². The van der Waals surface area contributed by atoms with Gasteiger partial charge in [-0.05, 0) is 62.3 Å². The second-order valence-electron chi connectivity index (χ2n) is 9.25. The molecule has 2 saturated heterocycles. The molecule has 0 aromatic carbocycles. The number of aliphatic hydroxyl groups excluding tert-OH is 1. The number of hydrogen-bond donors (Lipinski definition) is 1. The molecule has 2 aliphatic heterocycles. The standard InChI is InChI=1S/C21H37NO4/c1-12-14-5-6-18(24-2)21(26-4)16(14)11-22-8-7-13-9-17(23)19(25-3)10-15(13)20(12)22/h12-21,23H,5-11H2,1-4H3. The first-order chi connectivity index (χ1) is 12.6. The maximum absolute atomic E-state index is 10.4. The Morgan fingerprint density at radius 1 is 0.846 bits per heavy atom. The lowest BCUT2D eigenvalue weighted by atomic mass is 9.58. The zero-order valence-corrected chi connectivity index (χ0v) is 16.8. The van der Waals surface area contributed by atoms with Crippen molar-refractivity contribution in [1.29, 1.82) is 0 Å². The van der Waals surface area contributed by atoms with Crippen LogP contribution in [-0.4, -0.2) is 74.9 Å². The summed E-state index contributed by atoms with van der Waals surface area (Å²) in [6, 6.07) is 0.636. The Hall–Kier alpha value is -0.200. The largest absolute Gasteiger partial charge is 0.390 e. The predicted octanol–water partition coefficient (Wildman–Crippen LogP) is 2.17. The van der Waals surface area contributed by atoms with Gasteiger partial charge in [0.25, 0.3) is 0 Å². The zero-order chi connectivity index (χ0) is 18.4. The SMILES string of the molecule is COC1CC2C(CCN3CC4C(CCC(OC)C4OC)C(C)C23)CC1O. The van der Waals surface area contributed by atoms with Crippen molar-refractivity contribution in [1.82, 2.24) is 4.90 Å². The molecule has 2 heterocycles. The van der Waals surface area contributed by atoms with Gasteiger partial charge >= 0.3 is 0 Å². The highest BCUT2D eigenvalue weighted by molar-refractivity contribution is 5.06. The van der Waals surface area contributed by atoms with Gasteiger partial charge in [0.15, 0.2) is 0 Å². The van der Waals surface area contributed by atoms with Gasteiger partial charge in [-0.1, -0.05) is 6.92 Å². The average molecular weight is 368 g/mol. The summed E-state index contributed by atoms with van der Waals surface area (Å²) >= 11 is 0. The van der Waals surface area contributed by atoms with Crippen LogP contribution < -0.4 is 0 Å². The normalized spacial score (nSPS) is 52.0. The van der Waals surface area contributed by atoms with Crippen molar-refractivity contribution in [3.63, 3.8) is 0 Å². The topological polar surface area (TPSA) is 51.2 Å². The number of aliphatic hydroxyl groups is 1. The van der Waals surface area contributed by atoms with Crippen molar-refractivity contribution in [2.24, 2.45) is 29.6 Å². The monoisotopic (exact) mass is 367 g/mol. The first-order valence-corrected chi connectivity index (χ1v) is 10.6. The Balaban J connectivity index is 1.56. The van der Waals surface area contributed by atoms with E-state index < -0.39 is 0 Å². The molecule has 1 N–H and O–H groups in total. The lowest BCUT2D eigenvalue weighted by molar-refractivity contribution is -0.173. The molecule has 0 aromatic heterocycles. The molecule has 2 saturated carbocycles. The second kappa shape index (κ2) is 7.67. The van der Waals surface area contributed by atoms with E-state index in [0.29, 0.717) is 29.7 Å². The molecule has 5 nitrogen and oxygen atoms in total. The lowest BCUT2D eigenvalue weighted by Gasteiger charge is -2.60. The minimum Gasteiger partial charge on any atom is -0.390 e. The van der Waals surface area contributed by atoms with Crippen LogP contribution in [0.1, 0.15) is 39.0 Å². The molecule has 26 heavy (non-hydrogen) atoms. The lowest BCUT2D eigenvalue weighted by Crippen LogP contribution is -2.65. The third-order valence-electron chi connectivity index (χ3n) is 8.39. The van der Waals surface area contributed by atoms with Crippen molar-refractivity contribution < 1.29 is 19.3 Å². The second-order valence-corrected chi connectivity index (χ2v) is 9.25. The van der Waals surface area contributed by atoms with Crippen LogP contribution in [0, 0.1) is 29.6 Å². The minimum atomic E-state index is -0.283. The van der Waals surface area contributed by atoms with Gasteiger partial charge < -0.3 is 19.3 Å². The molecule has 0 bridgehead atoms. The summed E-state index contributed by atoms with van der Waals surface area (Å²) < 4.78 is 17.3. The fourth-order valence-electron chi connectivity index (χ4n) is 7.19. The average Bonchev–Trinajstić information content (AvgIpc) is 2.66. The van der Waals surface area contributed by atoms with Crippen LogP contribution in [0.2, 0.25) is 0 Å². The van der Waals surface area contributed by atoms with E-state index in [1.165, 1.54) is 12.8 Å². The van der Waals surface area contributed by atoms with Crippen LogP contribution in [0.5, 0.6) is 0 Å². The molecule has 10 atom stereocenters. The maximum Gasteiger partial charge on any atom is 0.0875 e. The molecular weight excluding hydrogens is 330 g/mol. The molecule has 0 radical (unpaired) electrons. The smallest absolute Gasteiger partial charge is 0.0875 e. The van der Waals surface area contributed by atoms with Gasteiger partial charge in [-0.2, -0.15) is 0 Å². The summed E-state index contributed by atoms with van der Waals surface area (Å²) in [5, 5.41) is 10.4. The Kier molecular flexibility index (Phi) is 5.64. The van der Waals surface area contributed by atoms with Crippen LogP contribution in [0.25, 0.3) is 0 Å². The number of fused-ring (bicyclic) bond motifs is 4. The molecular formula is C21H37NO4. The molecule has 150 valence electrons. The van der Waals surface area contributed by atoms with E-state index in [1.54, 1.807) is 7.11 Å². The van der Waals surface area contributed by atoms with E-state index in [2.05, 4.69) is 11.8 Å². The van der Waals surface area contributed by atoms with E-state index in [4.69, 9.17) is 14.2 Å². The van der Waals surface area contributed by atoms with Gasteiger partial charge in [0.1, 0.15) is 0 Å². The van der Waals surface area contributed by atoms with Crippen LogP contribution in [-0.2, 0) is 14.2 Å². The quantitative estimate of drug-likeness (QED) is 0.828. The maximum atomic E-state index is 10.4.